The lowest BCUT2D eigenvalue weighted by molar-refractivity contribution is -0.128. The molecule has 4 nitrogen and oxygen atoms in total. The predicted molar refractivity (Wildman–Crippen MR) is 66.4 cm³/mol. The highest BCUT2D eigenvalue weighted by Gasteiger charge is 2.17. The number of amides is 1. The quantitative estimate of drug-likeness (QED) is 0.823. The topological polar surface area (TPSA) is 47.6 Å². The number of nitrogens with one attached hydrogen (secondary N) is 1. The van der Waals surface area contributed by atoms with Gasteiger partial charge in [-0.3, -0.25) is 4.79 Å². The third-order valence-corrected chi connectivity index (χ3v) is 2.35. The van der Waals surface area contributed by atoms with Gasteiger partial charge >= 0.3 is 0 Å². The molecular formula is C13H19NO3. The average Bonchev–Trinajstić information content (AvgIpc) is 2.37. The Balaban J connectivity index is 2.63. The normalized spacial score (nSPS) is 11.7. The summed E-state index contributed by atoms with van der Waals surface area (Å²) in [5.74, 6) is 1.36. The number of carbonyl (C=O) groups excluding carboxylic acids is 1. The number of likely N-dealkylation sites (N-methyl/N-ethyl adjacent to an activating group) is 1. The third-order valence-electron chi connectivity index (χ3n) is 2.35. The number of carbonyl (C=O) groups is 1. The first-order valence-electron chi connectivity index (χ1n) is 5.79. The van der Waals surface area contributed by atoms with Crippen LogP contribution in [0.4, 0.5) is 0 Å². The molecule has 1 N–H and O–H groups in total. The second-order valence-corrected chi connectivity index (χ2v) is 3.58. The van der Waals surface area contributed by atoms with E-state index in [1.54, 1.807) is 31.4 Å². The molecule has 94 valence electrons. The van der Waals surface area contributed by atoms with Gasteiger partial charge in [-0.1, -0.05) is 6.92 Å². The molecule has 1 aromatic carbocycles. The zero-order valence-corrected chi connectivity index (χ0v) is 10.5. The SMILES string of the molecule is CCNC(=O)[C@H](CC)Oc1ccc(OC)cc1. The van der Waals surface area contributed by atoms with E-state index in [2.05, 4.69) is 5.32 Å². The summed E-state index contributed by atoms with van der Waals surface area (Å²) < 4.78 is 10.7. The van der Waals surface area contributed by atoms with E-state index >= 15 is 0 Å². The van der Waals surface area contributed by atoms with Crippen molar-refractivity contribution in [2.45, 2.75) is 26.4 Å². The molecule has 0 saturated carbocycles. The van der Waals surface area contributed by atoms with Gasteiger partial charge in [0, 0.05) is 6.54 Å². The van der Waals surface area contributed by atoms with E-state index in [0.29, 0.717) is 18.7 Å². The summed E-state index contributed by atoms with van der Waals surface area (Å²) in [6.45, 7) is 4.42. The molecule has 0 fully saturated rings. The number of hydrogen-bond donors (Lipinski definition) is 1. The summed E-state index contributed by atoms with van der Waals surface area (Å²) in [5, 5.41) is 2.75. The summed E-state index contributed by atoms with van der Waals surface area (Å²) in [5.41, 5.74) is 0. The Labute approximate surface area is 102 Å². The third kappa shape index (κ3) is 3.98. The van der Waals surface area contributed by atoms with E-state index in [0.717, 1.165) is 5.75 Å². The molecule has 0 aliphatic carbocycles. The first-order valence-corrected chi connectivity index (χ1v) is 5.79. The van der Waals surface area contributed by atoms with E-state index in [9.17, 15) is 4.79 Å². The Kier molecular flexibility index (Phi) is 5.33. The molecule has 4 heteroatoms. The Morgan fingerprint density at radius 2 is 1.82 bits per heavy atom. The van der Waals surface area contributed by atoms with Crippen LogP contribution in [-0.4, -0.2) is 25.7 Å². The number of hydrogen-bond acceptors (Lipinski definition) is 3. The Bertz CT molecular complexity index is 348. The van der Waals surface area contributed by atoms with Crippen molar-refractivity contribution in [3.05, 3.63) is 24.3 Å². The summed E-state index contributed by atoms with van der Waals surface area (Å²) in [6.07, 6.45) is 0.195. The Morgan fingerprint density at radius 1 is 1.24 bits per heavy atom. The van der Waals surface area contributed by atoms with Gasteiger partial charge in [0.05, 0.1) is 7.11 Å². The van der Waals surface area contributed by atoms with E-state index in [1.165, 1.54) is 0 Å². The van der Waals surface area contributed by atoms with Crippen LogP contribution in [0.5, 0.6) is 11.5 Å². The van der Waals surface area contributed by atoms with Crippen LogP contribution in [0.15, 0.2) is 24.3 Å². The molecule has 0 saturated heterocycles. The Hall–Kier alpha value is -1.71. The van der Waals surface area contributed by atoms with E-state index in [1.807, 2.05) is 13.8 Å². The number of ether oxygens (including phenoxy) is 2. The molecule has 0 heterocycles. The van der Waals surface area contributed by atoms with Crippen molar-refractivity contribution < 1.29 is 14.3 Å². The van der Waals surface area contributed by atoms with Crippen LogP contribution in [-0.2, 0) is 4.79 Å². The molecule has 1 atom stereocenters. The maximum Gasteiger partial charge on any atom is 0.261 e. The highest BCUT2D eigenvalue weighted by Crippen LogP contribution is 2.18. The molecule has 0 spiro atoms. The van der Waals surface area contributed by atoms with E-state index in [-0.39, 0.29) is 5.91 Å². The van der Waals surface area contributed by atoms with Crippen molar-refractivity contribution in [2.24, 2.45) is 0 Å². The lowest BCUT2D eigenvalue weighted by Gasteiger charge is -2.16. The van der Waals surface area contributed by atoms with Crippen LogP contribution in [0.25, 0.3) is 0 Å². The van der Waals surface area contributed by atoms with Gasteiger partial charge in [-0.15, -0.1) is 0 Å². The second-order valence-electron chi connectivity index (χ2n) is 3.58. The van der Waals surface area contributed by atoms with Crippen molar-refractivity contribution in [3.63, 3.8) is 0 Å². The van der Waals surface area contributed by atoms with Crippen molar-refractivity contribution in [1.82, 2.24) is 5.32 Å². The first kappa shape index (κ1) is 13.4. The largest absolute Gasteiger partial charge is 0.497 e. The van der Waals surface area contributed by atoms with Crippen LogP contribution in [0, 0.1) is 0 Å². The summed E-state index contributed by atoms with van der Waals surface area (Å²) in [6, 6.07) is 7.20. The van der Waals surface area contributed by atoms with Crippen molar-refractivity contribution in [2.75, 3.05) is 13.7 Å². The Morgan fingerprint density at radius 3 is 2.29 bits per heavy atom. The molecular weight excluding hydrogens is 218 g/mol. The summed E-state index contributed by atoms with van der Waals surface area (Å²) in [4.78, 5) is 11.6. The van der Waals surface area contributed by atoms with E-state index in [4.69, 9.17) is 9.47 Å². The minimum absolute atomic E-state index is 0.0779. The minimum Gasteiger partial charge on any atom is -0.497 e. The van der Waals surface area contributed by atoms with Gasteiger partial charge < -0.3 is 14.8 Å². The molecule has 0 bridgehead atoms. The van der Waals surface area contributed by atoms with Crippen LogP contribution in [0.3, 0.4) is 0 Å². The molecule has 0 radical (unpaired) electrons. The van der Waals surface area contributed by atoms with Gasteiger partial charge in [0.25, 0.3) is 5.91 Å². The van der Waals surface area contributed by atoms with Gasteiger partial charge in [0.2, 0.25) is 0 Å². The maximum absolute atomic E-state index is 11.6. The smallest absolute Gasteiger partial charge is 0.261 e. The molecule has 0 unspecified atom stereocenters. The summed E-state index contributed by atoms with van der Waals surface area (Å²) >= 11 is 0. The highest BCUT2D eigenvalue weighted by molar-refractivity contribution is 5.80. The lowest BCUT2D eigenvalue weighted by atomic mass is 10.2. The van der Waals surface area contributed by atoms with Crippen molar-refractivity contribution >= 4 is 5.91 Å². The van der Waals surface area contributed by atoms with Gasteiger partial charge in [0.1, 0.15) is 11.5 Å². The van der Waals surface area contributed by atoms with E-state index < -0.39 is 6.10 Å². The number of methoxy groups -OCH3 is 1. The van der Waals surface area contributed by atoms with Crippen molar-refractivity contribution in [1.29, 1.82) is 0 Å². The molecule has 0 aliphatic heterocycles. The fraction of sp³-hybridized carbons (Fsp3) is 0.462. The maximum atomic E-state index is 11.6. The lowest BCUT2D eigenvalue weighted by Crippen LogP contribution is -2.37. The van der Waals surface area contributed by atoms with Crippen LogP contribution < -0.4 is 14.8 Å². The average molecular weight is 237 g/mol. The van der Waals surface area contributed by atoms with Crippen LogP contribution in [0.2, 0.25) is 0 Å². The van der Waals surface area contributed by atoms with Gasteiger partial charge in [-0.25, -0.2) is 0 Å². The molecule has 17 heavy (non-hydrogen) atoms. The van der Waals surface area contributed by atoms with Gasteiger partial charge in [0.15, 0.2) is 6.10 Å². The van der Waals surface area contributed by atoms with Gasteiger partial charge in [-0.05, 0) is 37.6 Å². The first-order chi connectivity index (χ1) is 8.21. The summed E-state index contributed by atoms with van der Waals surface area (Å²) in [7, 11) is 1.61. The standard InChI is InChI=1S/C13H19NO3/c1-4-12(13(15)14-5-2)17-11-8-6-10(16-3)7-9-11/h6-9,12H,4-5H2,1-3H3,(H,14,15)/t12-/m0/s1. The predicted octanol–water partition coefficient (Wildman–Crippen LogP) is 1.99. The molecule has 1 aromatic rings. The monoisotopic (exact) mass is 237 g/mol. The van der Waals surface area contributed by atoms with Crippen LogP contribution in [0.1, 0.15) is 20.3 Å². The van der Waals surface area contributed by atoms with Gasteiger partial charge in [-0.2, -0.15) is 0 Å². The van der Waals surface area contributed by atoms with Crippen LogP contribution >= 0.6 is 0 Å². The fourth-order valence-electron chi connectivity index (χ4n) is 1.43. The molecule has 0 aliphatic rings. The zero-order chi connectivity index (χ0) is 12.7. The molecule has 0 aromatic heterocycles. The minimum atomic E-state index is -0.441. The fourth-order valence-corrected chi connectivity index (χ4v) is 1.43. The second kappa shape index (κ2) is 6.78. The number of benzene rings is 1. The molecule has 1 rings (SSSR count). The molecule has 1 amide bonds. The zero-order valence-electron chi connectivity index (χ0n) is 10.5. The number of rotatable bonds is 6. The van der Waals surface area contributed by atoms with Crippen molar-refractivity contribution in [3.8, 4) is 11.5 Å². The highest BCUT2D eigenvalue weighted by atomic mass is 16.5.